The van der Waals surface area contributed by atoms with Crippen LogP contribution in [0, 0.1) is 11.3 Å². The lowest BCUT2D eigenvalue weighted by atomic mass is 10.0. The molecule has 0 aliphatic heterocycles. The lowest BCUT2D eigenvalue weighted by Gasteiger charge is -2.27. The Labute approximate surface area is 69.6 Å². The van der Waals surface area contributed by atoms with Crippen LogP contribution >= 0.6 is 0 Å². The van der Waals surface area contributed by atoms with Gasteiger partial charge >= 0.3 is 0 Å². The summed E-state index contributed by atoms with van der Waals surface area (Å²) in [6, 6.07) is 2.24. The third-order valence-corrected chi connectivity index (χ3v) is 2.01. The van der Waals surface area contributed by atoms with E-state index >= 15 is 0 Å². The first-order chi connectivity index (χ1) is 5.05. The highest BCUT2D eigenvalue weighted by atomic mass is 15.0. The molecule has 64 valence electrons. The van der Waals surface area contributed by atoms with E-state index in [1.807, 2.05) is 6.92 Å². The van der Waals surface area contributed by atoms with Crippen molar-refractivity contribution in [3.63, 3.8) is 0 Å². The minimum atomic E-state index is 0.00458. The lowest BCUT2D eigenvalue weighted by molar-refractivity contribution is 0.348. The van der Waals surface area contributed by atoms with Crippen LogP contribution in [0.1, 0.15) is 40.5 Å². The fourth-order valence-corrected chi connectivity index (χ4v) is 0.799. The zero-order chi connectivity index (χ0) is 8.91. The quantitative estimate of drug-likeness (QED) is 0.673. The van der Waals surface area contributed by atoms with E-state index in [0.717, 1.165) is 12.8 Å². The molecule has 0 fully saturated rings. The van der Waals surface area contributed by atoms with Crippen LogP contribution in [0.3, 0.4) is 0 Å². The Kier molecular flexibility index (Phi) is 4.14. The van der Waals surface area contributed by atoms with Crippen LogP contribution in [0.5, 0.6) is 0 Å². The van der Waals surface area contributed by atoms with Gasteiger partial charge < -0.3 is 0 Å². The van der Waals surface area contributed by atoms with Crippen molar-refractivity contribution in [3.05, 3.63) is 0 Å². The predicted molar refractivity (Wildman–Crippen MR) is 47.2 cm³/mol. The average molecular weight is 154 g/mol. The first-order valence-electron chi connectivity index (χ1n) is 4.23. The van der Waals surface area contributed by atoms with Crippen LogP contribution in [0.4, 0.5) is 0 Å². The van der Waals surface area contributed by atoms with Crippen LogP contribution in [0.15, 0.2) is 0 Å². The molecule has 2 nitrogen and oxygen atoms in total. The summed E-state index contributed by atoms with van der Waals surface area (Å²) in [5.41, 5.74) is 0.0937. The monoisotopic (exact) mass is 154 g/mol. The topological polar surface area (TPSA) is 35.8 Å². The van der Waals surface area contributed by atoms with Crippen LogP contribution in [-0.2, 0) is 0 Å². The maximum Gasteiger partial charge on any atom is 0.0954 e. The molecule has 1 atom stereocenters. The molecule has 11 heavy (non-hydrogen) atoms. The maximum atomic E-state index is 8.67. The van der Waals surface area contributed by atoms with E-state index in [1.54, 1.807) is 0 Å². The van der Waals surface area contributed by atoms with E-state index in [9.17, 15) is 0 Å². The summed E-state index contributed by atoms with van der Waals surface area (Å²) >= 11 is 0. The summed E-state index contributed by atoms with van der Waals surface area (Å²) in [5, 5.41) is 12.0. The summed E-state index contributed by atoms with van der Waals surface area (Å²) in [6.07, 6.45) is 1.92. The Bertz CT molecular complexity index is 144. The second-order valence-corrected chi connectivity index (χ2v) is 3.47. The van der Waals surface area contributed by atoms with Crippen LogP contribution < -0.4 is 5.32 Å². The van der Waals surface area contributed by atoms with Gasteiger partial charge in [-0.3, -0.25) is 5.32 Å². The standard InChI is InChI=1S/C9H18N2/c1-5-8(7-10)11-9(3,4)6-2/h8,11H,5-6H2,1-4H3. The molecular weight excluding hydrogens is 136 g/mol. The Morgan fingerprint density at radius 2 is 2.00 bits per heavy atom. The van der Waals surface area contributed by atoms with Gasteiger partial charge in [-0.25, -0.2) is 0 Å². The van der Waals surface area contributed by atoms with Gasteiger partial charge in [-0.2, -0.15) is 5.26 Å². The second-order valence-electron chi connectivity index (χ2n) is 3.47. The van der Waals surface area contributed by atoms with Gasteiger partial charge in [-0.1, -0.05) is 13.8 Å². The molecule has 0 radical (unpaired) electrons. The first-order valence-corrected chi connectivity index (χ1v) is 4.23. The first kappa shape index (κ1) is 10.4. The highest BCUT2D eigenvalue weighted by Gasteiger charge is 2.18. The zero-order valence-electron chi connectivity index (χ0n) is 7.94. The normalized spacial score (nSPS) is 14.1. The van der Waals surface area contributed by atoms with E-state index < -0.39 is 0 Å². The smallest absolute Gasteiger partial charge is 0.0954 e. The molecule has 0 spiro atoms. The summed E-state index contributed by atoms with van der Waals surface area (Å²) in [4.78, 5) is 0. The predicted octanol–water partition coefficient (Wildman–Crippen LogP) is 2.07. The van der Waals surface area contributed by atoms with E-state index in [-0.39, 0.29) is 11.6 Å². The molecule has 1 unspecified atom stereocenters. The minimum Gasteiger partial charge on any atom is -0.297 e. The fourth-order valence-electron chi connectivity index (χ4n) is 0.799. The number of nitrogens with one attached hydrogen (secondary N) is 1. The summed E-state index contributed by atoms with van der Waals surface area (Å²) in [6.45, 7) is 8.38. The van der Waals surface area contributed by atoms with Gasteiger partial charge in [0, 0.05) is 5.54 Å². The van der Waals surface area contributed by atoms with Crippen LogP contribution in [-0.4, -0.2) is 11.6 Å². The van der Waals surface area contributed by atoms with Crippen molar-refractivity contribution in [3.8, 4) is 6.07 Å². The van der Waals surface area contributed by atoms with Gasteiger partial charge in [-0.05, 0) is 26.7 Å². The Hall–Kier alpha value is -0.550. The molecule has 1 N–H and O–H groups in total. The van der Waals surface area contributed by atoms with Crippen molar-refractivity contribution in [2.75, 3.05) is 0 Å². The molecule has 0 rings (SSSR count). The maximum absolute atomic E-state index is 8.67. The number of rotatable bonds is 4. The summed E-state index contributed by atoms with van der Waals surface area (Å²) in [7, 11) is 0. The second kappa shape index (κ2) is 4.35. The van der Waals surface area contributed by atoms with Crippen molar-refractivity contribution in [2.24, 2.45) is 0 Å². The zero-order valence-corrected chi connectivity index (χ0v) is 7.94. The highest BCUT2D eigenvalue weighted by molar-refractivity contribution is 4.93. The number of hydrogen-bond acceptors (Lipinski definition) is 2. The Morgan fingerprint density at radius 1 is 1.45 bits per heavy atom. The van der Waals surface area contributed by atoms with Gasteiger partial charge in [0.05, 0.1) is 12.1 Å². The summed E-state index contributed by atoms with van der Waals surface area (Å²) in [5.74, 6) is 0. The van der Waals surface area contributed by atoms with Gasteiger partial charge in [0.2, 0.25) is 0 Å². The molecule has 0 heterocycles. The Morgan fingerprint density at radius 3 is 2.27 bits per heavy atom. The molecule has 0 saturated heterocycles. The van der Waals surface area contributed by atoms with Gasteiger partial charge in [0.15, 0.2) is 0 Å². The van der Waals surface area contributed by atoms with Crippen molar-refractivity contribution >= 4 is 0 Å². The van der Waals surface area contributed by atoms with Crippen molar-refractivity contribution in [1.82, 2.24) is 5.32 Å². The average Bonchev–Trinajstić information content (AvgIpc) is 2.00. The molecule has 0 aliphatic rings. The van der Waals surface area contributed by atoms with E-state index in [4.69, 9.17) is 5.26 Å². The molecular formula is C9H18N2. The van der Waals surface area contributed by atoms with Crippen molar-refractivity contribution < 1.29 is 0 Å². The molecule has 2 heteroatoms. The minimum absolute atomic E-state index is 0.00458. The largest absolute Gasteiger partial charge is 0.297 e. The number of nitriles is 1. The number of nitrogens with zero attached hydrogens (tertiary/aromatic N) is 1. The third kappa shape index (κ3) is 4.00. The lowest BCUT2D eigenvalue weighted by Crippen LogP contribution is -2.44. The van der Waals surface area contributed by atoms with Crippen molar-refractivity contribution in [1.29, 1.82) is 5.26 Å². The van der Waals surface area contributed by atoms with E-state index in [1.165, 1.54) is 0 Å². The highest BCUT2D eigenvalue weighted by Crippen LogP contribution is 2.08. The SMILES string of the molecule is CCC(C#N)NC(C)(C)CC. The Balaban J connectivity index is 3.92. The molecule has 0 aliphatic carbocycles. The molecule has 0 saturated carbocycles. The van der Waals surface area contributed by atoms with Gasteiger partial charge in [-0.15, -0.1) is 0 Å². The van der Waals surface area contributed by atoms with E-state index in [2.05, 4.69) is 32.2 Å². The molecule has 0 amide bonds. The molecule has 0 bridgehead atoms. The van der Waals surface area contributed by atoms with E-state index in [0.29, 0.717) is 0 Å². The van der Waals surface area contributed by atoms with Crippen LogP contribution in [0.2, 0.25) is 0 Å². The molecule has 0 aromatic rings. The summed E-state index contributed by atoms with van der Waals surface area (Å²) < 4.78 is 0. The fraction of sp³-hybridized carbons (Fsp3) is 0.889. The van der Waals surface area contributed by atoms with Gasteiger partial charge in [0.25, 0.3) is 0 Å². The number of hydrogen-bond donors (Lipinski definition) is 1. The van der Waals surface area contributed by atoms with Crippen LogP contribution in [0.25, 0.3) is 0 Å². The van der Waals surface area contributed by atoms with Crippen molar-refractivity contribution in [2.45, 2.75) is 52.1 Å². The molecule has 0 aromatic heterocycles. The van der Waals surface area contributed by atoms with Gasteiger partial charge in [0.1, 0.15) is 0 Å². The molecule has 0 aromatic carbocycles. The third-order valence-electron chi connectivity index (χ3n) is 2.01.